The summed E-state index contributed by atoms with van der Waals surface area (Å²) in [4.78, 5) is 15.0. The van der Waals surface area contributed by atoms with Crippen LogP contribution in [0.2, 0.25) is 0 Å². The molecule has 1 aliphatic rings. The van der Waals surface area contributed by atoms with Gasteiger partial charge in [0.05, 0.1) is 0 Å². The van der Waals surface area contributed by atoms with Crippen molar-refractivity contribution in [3.05, 3.63) is 24.3 Å². The molecule has 0 spiro atoms. The number of esters is 1. The van der Waals surface area contributed by atoms with Crippen molar-refractivity contribution in [3.8, 4) is 0 Å². The van der Waals surface area contributed by atoms with Gasteiger partial charge in [0.15, 0.2) is 0 Å². The maximum atomic E-state index is 10.3. The Balaban J connectivity index is 2.47. The third-order valence-electron chi connectivity index (χ3n) is 0.800. The van der Waals surface area contributed by atoms with Gasteiger partial charge in [-0.1, -0.05) is 0 Å². The number of carbonyl (C=O) groups is 1. The van der Waals surface area contributed by atoms with Crippen LogP contribution in [0.15, 0.2) is 24.3 Å². The average Bonchev–Trinajstić information content (AvgIpc) is 1.88. The topological polar surface area (TPSA) is 47.6 Å². The van der Waals surface area contributed by atoms with E-state index in [4.69, 9.17) is 0 Å². The van der Waals surface area contributed by atoms with Gasteiger partial charge in [-0.15, -0.1) is 0 Å². The zero-order valence-corrected chi connectivity index (χ0v) is 5.46. The Hall–Kier alpha value is -1.45. The molecule has 1 aliphatic heterocycles. The van der Waals surface area contributed by atoms with E-state index in [-0.39, 0.29) is 5.95 Å². The van der Waals surface area contributed by atoms with Crippen molar-refractivity contribution < 1.29 is 14.4 Å². The maximum Gasteiger partial charge on any atom is 0.314 e. The number of rotatable bonds is 1. The van der Waals surface area contributed by atoms with Crippen LogP contribution in [-0.4, -0.2) is 5.97 Å². The van der Waals surface area contributed by atoms with Crippen molar-refractivity contribution in [2.75, 3.05) is 0 Å². The lowest BCUT2D eigenvalue weighted by atomic mass is 10.5. The molecule has 0 fully saturated rings. The molecule has 0 aromatic carbocycles. The van der Waals surface area contributed by atoms with Gasteiger partial charge >= 0.3 is 11.9 Å². The lowest BCUT2D eigenvalue weighted by Gasteiger charge is -2.09. The second-order valence-electron chi connectivity index (χ2n) is 1.66. The number of hydrogen-bond donors (Lipinski definition) is 1. The second-order valence-corrected chi connectivity index (χ2v) is 1.66. The van der Waals surface area contributed by atoms with Crippen molar-refractivity contribution >= 4 is 5.97 Å². The van der Waals surface area contributed by atoms with E-state index in [2.05, 4.69) is 15.1 Å². The standard InChI is InChI=1S/C6H7NO3/c1-5(8)9-6-3-2-4-7-10-6/h2-4,7H,1H3. The van der Waals surface area contributed by atoms with Gasteiger partial charge in [-0.3, -0.25) is 4.79 Å². The Morgan fingerprint density at radius 2 is 2.60 bits per heavy atom. The van der Waals surface area contributed by atoms with Crippen LogP contribution < -0.4 is 5.48 Å². The molecule has 0 radical (unpaired) electrons. The van der Waals surface area contributed by atoms with Crippen molar-refractivity contribution in [1.82, 2.24) is 5.48 Å². The van der Waals surface area contributed by atoms with Crippen LogP contribution in [0.5, 0.6) is 0 Å². The first-order valence-corrected chi connectivity index (χ1v) is 2.76. The SMILES string of the molecule is CC(=O)OC1=CC=CNO1. The van der Waals surface area contributed by atoms with Crippen LogP contribution in [0.4, 0.5) is 0 Å². The number of allylic oxidation sites excluding steroid dienone is 2. The number of nitrogens with one attached hydrogen (secondary N) is 1. The van der Waals surface area contributed by atoms with E-state index in [1.54, 1.807) is 12.3 Å². The number of hydrogen-bond acceptors (Lipinski definition) is 4. The van der Waals surface area contributed by atoms with Crippen LogP contribution in [0, 0.1) is 0 Å². The zero-order valence-electron chi connectivity index (χ0n) is 5.46. The molecule has 1 rings (SSSR count). The van der Waals surface area contributed by atoms with E-state index in [9.17, 15) is 4.79 Å². The lowest BCUT2D eigenvalue weighted by Crippen LogP contribution is -2.13. The van der Waals surface area contributed by atoms with Crippen molar-refractivity contribution in [2.45, 2.75) is 6.92 Å². The molecule has 0 aromatic heterocycles. The minimum atomic E-state index is -0.400. The summed E-state index contributed by atoms with van der Waals surface area (Å²) in [5.41, 5.74) is 2.41. The maximum absolute atomic E-state index is 10.3. The Labute approximate surface area is 58.1 Å². The fourth-order valence-corrected chi connectivity index (χ4v) is 0.489. The van der Waals surface area contributed by atoms with Gasteiger partial charge in [0.2, 0.25) is 0 Å². The van der Waals surface area contributed by atoms with Crippen molar-refractivity contribution in [1.29, 1.82) is 0 Å². The van der Waals surface area contributed by atoms with Gasteiger partial charge in [-0.25, -0.2) is 5.48 Å². The third kappa shape index (κ3) is 1.81. The summed E-state index contributed by atoms with van der Waals surface area (Å²) in [5, 5.41) is 0. The molecule has 1 N–H and O–H groups in total. The fourth-order valence-electron chi connectivity index (χ4n) is 0.489. The molecule has 4 nitrogen and oxygen atoms in total. The first-order valence-electron chi connectivity index (χ1n) is 2.76. The summed E-state index contributed by atoms with van der Waals surface area (Å²) in [6, 6.07) is 0. The summed E-state index contributed by atoms with van der Waals surface area (Å²) in [7, 11) is 0. The van der Waals surface area contributed by atoms with Crippen LogP contribution in [0.1, 0.15) is 6.92 Å². The molecule has 10 heavy (non-hydrogen) atoms. The highest BCUT2D eigenvalue weighted by Gasteiger charge is 2.03. The molecular formula is C6H7NO3. The van der Waals surface area contributed by atoms with Gasteiger partial charge in [0, 0.05) is 19.2 Å². The summed E-state index contributed by atoms with van der Waals surface area (Å²) in [5.74, 6) is -0.238. The zero-order chi connectivity index (χ0) is 7.40. The monoisotopic (exact) mass is 141 g/mol. The van der Waals surface area contributed by atoms with E-state index in [1.807, 2.05) is 0 Å². The highest BCUT2D eigenvalue weighted by atomic mass is 16.8. The summed E-state index contributed by atoms with van der Waals surface area (Å²) in [6.45, 7) is 1.31. The average molecular weight is 141 g/mol. The van der Waals surface area contributed by atoms with E-state index < -0.39 is 5.97 Å². The Morgan fingerprint density at radius 1 is 1.80 bits per heavy atom. The first-order chi connectivity index (χ1) is 4.79. The minimum Gasteiger partial charge on any atom is -0.391 e. The summed E-state index contributed by atoms with van der Waals surface area (Å²) in [6.07, 6.45) is 4.78. The fraction of sp³-hybridized carbons (Fsp3) is 0.167. The molecule has 54 valence electrons. The Bertz CT molecular complexity index is 195. The van der Waals surface area contributed by atoms with Gasteiger partial charge in [0.1, 0.15) is 0 Å². The number of carbonyl (C=O) groups excluding carboxylic acids is 1. The second kappa shape index (κ2) is 2.91. The lowest BCUT2D eigenvalue weighted by molar-refractivity contribution is -0.144. The molecule has 0 aliphatic carbocycles. The molecule has 0 saturated heterocycles. The highest BCUT2D eigenvalue weighted by molar-refractivity contribution is 5.67. The van der Waals surface area contributed by atoms with Gasteiger partial charge in [0.25, 0.3) is 0 Å². The highest BCUT2D eigenvalue weighted by Crippen LogP contribution is 2.01. The first kappa shape index (κ1) is 6.67. The van der Waals surface area contributed by atoms with Crippen molar-refractivity contribution in [2.24, 2.45) is 0 Å². The molecule has 0 atom stereocenters. The molecule has 0 aromatic rings. The van der Waals surface area contributed by atoms with E-state index in [0.29, 0.717) is 0 Å². The molecule has 0 amide bonds. The van der Waals surface area contributed by atoms with Crippen LogP contribution in [0.3, 0.4) is 0 Å². The smallest absolute Gasteiger partial charge is 0.314 e. The Kier molecular flexibility index (Phi) is 1.94. The van der Waals surface area contributed by atoms with Gasteiger partial charge < -0.3 is 9.57 Å². The van der Waals surface area contributed by atoms with Gasteiger partial charge in [-0.05, 0) is 6.08 Å². The third-order valence-corrected chi connectivity index (χ3v) is 0.800. The number of hydroxylamine groups is 1. The molecule has 1 heterocycles. The van der Waals surface area contributed by atoms with E-state index in [1.165, 1.54) is 13.0 Å². The normalized spacial score (nSPS) is 14.7. The number of ether oxygens (including phenoxy) is 1. The van der Waals surface area contributed by atoms with E-state index in [0.717, 1.165) is 0 Å². The predicted molar refractivity (Wildman–Crippen MR) is 33.2 cm³/mol. The molecule has 0 bridgehead atoms. The molecule has 0 saturated carbocycles. The van der Waals surface area contributed by atoms with Gasteiger partial charge in [-0.2, -0.15) is 0 Å². The molecule has 0 unspecified atom stereocenters. The van der Waals surface area contributed by atoms with Crippen LogP contribution in [-0.2, 0) is 14.4 Å². The van der Waals surface area contributed by atoms with Crippen LogP contribution >= 0.6 is 0 Å². The minimum absolute atomic E-state index is 0.162. The van der Waals surface area contributed by atoms with E-state index >= 15 is 0 Å². The largest absolute Gasteiger partial charge is 0.391 e. The summed E-state index contributed by atoms with van der Waals surface area (Å²) >= 11 is 0. The van der Waals surface area contributed by atoms with Crippen LogP contribution in [0.25, 0.3) is 0 Å². The molecule has 4 heteroatoms. The summed E-state index contributed by atoms with van der Waals surface area (Å²) < 4.78 is 4.58. The molecular weight excluding hydrogens is 134 g/mol. The van der Waals surface area contributed by atoms with Crippen molar-refractivity contribution in [3.63, 3.8) is 0 Å². The Morgan fingerprint density at radius 3 is 3.10 bits per heavy atom. The quantitative estimate of drug-likeness (QED) is 0.538. The predicted octanol–water partition coefficient (Wildman–Crippen LogP) is 0.439.